The minimum absolute atomic E-state index is 0.0717. The summed E-state index contributed by atoms with van der Waals surface area (Å²) in [4.78, 5) is 12.1. The van der Waals surface area contributed by atoms with Gasteiger partial charge in [0.05, 0.1) is 6.54 Å². The van der Waals surface area contributed by atoms with E-state index in [2.05, 4.69) is 17.3 Å². The Hall–Kier alpha value is -1.10. The van der Waals surface area contributed by atoms with E-state index in [1.54, 1.807) is 9.25 Å². The molecule has 5 nitrogen and oxygen atoms in total. The summed E-state index contributed by atoms with van der Waals surface area (Å²) in [6.45, 7) is 5.36. The molecule has 0 aromatic carbocycles. The van der Waals surface area contributed by atoms with E-state index in [1.165, 1.54) is 38.5 Å². The smallest absolute Gasteiger partial charge is 0.308 e. The minimum atomic E-state index is 0.0717. The number of rotatable bonds is 8. The third kappa shape index (κ3) is 3.93. The number of aryl methyl sites for hydroxylation is 1. The van der Waals surface area contributed by atoms with Crippen LogP contribution in [0.4, 0.5) is 0 Å². The minimum Gasteiger partial charge on any atom is -0.308 e. The van der Waals surface area contributed by atoms with Crippen molar-refractivity contribution in [2.45, 2.75) is 71.5 Å². The summed E-state index contributed by atoms with van der Waals surface area (Å²) in [5, 5.41) is 7.64. The number of unbranched alkanes of at least 4 members (excludes halogenated alkanes) is 6. The van der Waals surface area contributed by atoms with Gasteiger partial charge in [0.2, 0.25) is 0 Å². The SMILES string of the molecule is CCCCCCCCCn1nc2n(c1=O)CCNC2. The van der Waals surface area contributed by atoms with Crippen LogP contribution in [0.3, 0.4) is 0 Å². The Kier molecular flexibility index (Phi) is 5.63. The largest absolute Gasteiger partial charge is 0.345 e. The molecule has 1 aromatic rings. The Morgan fingerprint density at radius 3 is 2.63 bits per heavy atom. The molecule has 5 heteroatoms. The Morgan fingerprint density at radius 2 is 1.89 bits per heavy atom. The average Bonchev–Trinajstić information content (AvgIpc) is 2.75. The predicted molar refractivity (Wildman–Crippen MR) is 76.2 cm³/mol. The third-order valence-corrected chi connectivity index (χ3v) is 3.77. The third-order valence-electron chi connectivity index (χ3n) is 3.77. The molecule has 2 heterocycles. The summed E-state index contributed by atoms with van der Waals surface area (Å²) in [7, 11) is 0. The van der Waals surface area contributed by atoms with E-state index in [0.29, 0.717) is 0 Å². The molecule has 108 valence electrons. The highest BCUT2D eigenvalue weighted by molar-refractivity contribution is 4.90. The van der Waals surface area contributed by atoms with Crippen LogP contribution in [0.25, 0.3) is 0 Å². The molecule has 0 unspecified atom stereocenters. The van der Waals surface area contributed by atoms with Gasteiger partial charge in [-0.15, -0.1) is 0 Å². The average molecular weight is 266 g/mol. The number of nitrogens with one attached hydrogen (secondary N) is 1. The molecule has 1 aliphatic rings. The first-order valence-corrected chi connectivity index (χ1v) is 7.70. The summed E-state index contributed by atoms with van der Waals surface area (Å²) >= 11 is 0. The van der Waals surface area contributed by atoms with Crippen molar-refractivity contribution in [2.75, 3.05) is 6.54 Å². The fourth-order valence-electron chi connectivity index (χ4n) is 2.60. The molecule has 0 atom stereocenters. The van der Waals surface area contributed by atoms with Gasteiger partial charge in [-0.1, -0.05) is 45.4 Å². The lowest BCUT2D eigenvalue weighted by atomic mass is 10.1. The Labute approximate surface area is 115 Å². The van der Waals surface area contributed by atoms with Gasteiger partial charge < -0.3 is 5.32 Å². The molecule has 0 fully saturated rings. The van der Waals surface area contributed by atoms with Crippen molar-refractivity contribution in [3.63, 3.8) is 0 Å². The Bertz CT molecular complexity index is 435. The zero-order valence-corrected chi connectivity index (χ0v) is 12.0. The van der Waals surface area contributed by atoms with E-state index in [1.807, 2.05) is 0 Å². The van der Waals surface area contributed by atoms with E-state index in [4.69, 9.17) is 0 Å². The van der Waals surface area contributed by atoms with Crippen LogP contribution < -0.4 is 11.0 Å². The molecule has 0 saturated carbocycles. The summed E-state index contributed by atoms with van der Waals surface area (Å²) in [5.41, 5.74) is 0.0717. The van der Waals surface area contributed by atoms with Gasteiger partial charge in [0.15, 0.2) is 0 Å². The fraction of sp³-hybridized carbons (Fsp3) is 0.857. The number of aromatic nitrogens is 3. The van der Waals surface area contributed by atoms with Gasteiger partial charge in [0.1, 0.15) is 5.82 Å². The van der Waals surface area contributed by atoms with Crippen LogP contribution in [0.15, 0.2) is 4.79 Å². The van der Waals surface area contributed by atoms with E-state index in [-0.39, 0.29) is 5.69 Å². The first-order chi connectivity index (χ1) is 9.33. The Morgan fingerprint density at radius 1 is 1.16 bits per heavy atom. The molecule has 0 bridgehead atoms. The van der Waals surface area contributed by atoms with Crippen molar-refractivity contribution in [2.24, 2.45) is 0 Å². The van der Waals surface area contributed by atoms with E-state index in [0.717, 1.165) is 38.4 Å². The van der Waals surface area contributed by atoms with Gasteiger partial charge in [-0.3, -0.25) is 4.57 Å². The van der Waals surface area contributed by atoms with Crippen LogP contribution in [0.5, 0.6) is 0 Å². The molecule has 0 radical (unpaired) electrons. The maximum Gasteiger partial charge on any atom is 0.345 e. The van der Waals surface area contributed by atoms with E-state index >= 15 is 0 Å². The van der Waals surface area contributed by atoms with Crippen LogP contribution in [0, 0.1) is 0 Å². The van der Waals surface area contributed by atoms with Crippen molar-refractivity contribution in [3.05, 3.63) is 16.3 Å². The molecule has 2 rings (SSSR count). The molecular formula is C14H26N4O. The highest BCUT2D eigenvalue weighted by atomic mass is 16.2. The normalized spacial score (nSPS) is 14.6. The van der Waals surface area contributed by atoms with Crippen molar-refractivity contribution in [3.8, 4) is 0 Å². The van der Waals surface area contributed by atoms with Crippen LogP contribution >= 0.6 is 0 Å². The molecule has 1 N–H and O–H groups in total. The quantitative estimate of drug-likeness (QED) is 0.731. The van der Waals surface area contributed by atoms with Crippen molar-refractivity contribution < 1.29 is 0 Å². The van der Waals surface area contributed by atoms with Gasteiger partial charge in [-0.25, -0.2) is 9.48 Å². The van der Waals surface area contributed by atoms with Crippen LogP contribution in [0.1, 0.15) is 57.7 Å². The van der Waals surface area contributed by atoms with Gasteiger partial charge >= 0.3 is 5.69 Å². The highest BCUT2D eigenvalue weighted by Crippen LogP contribution is 2.07. The second-order valence-electron chi connectivity index (χ2n) is 5.37. The standard InChI is InChI=1S/C14H26N4O/c1-2-3-4-5-6-7-8-10-18-14(19)17-11-9-15-12-13(17)16-18/h15H,2-12H2,1H3. The molecule has 0 amide bonds. The van der Waals surface area contributed by atoms with Gasteiger partial charge in [0, 0.05) is 19.6 Å². The first-order valence-electron chi connectivity index (χ1n) is 7.70. The first kappa shape index (κ1) is 14.3. The second-order valence-corrected chi connectivity index (χ2v) is 5.37. The zero-order chi connectivity index (χ0) is 13.5. The summed E-state index contributed by atoms with van der Waals surface area (Å²) in [6.07, 6.45) is 8.87. The lowest BCUT2D eigenvalue weighted by molar-refractivity contribution is 0.494. The molecule has 1 aromatic heterocycles. The van der Waals surface area contributed by atoms with Gasteiger partial charge in [0.25, 0.3) is 0 Å². The fourth-order valence-corrected chi connectivity index (χ4v) is 2.60. The zero-order valence-electron chi connectivity index (χ0n) is 12.0. The summed E-state index contributed by atoms with van der Waals surface area (Å²) in [6, 6.07) is 0. The maximum absolute atomic E-state index is 12.1. The number of hydrogen-bond acceptors (Lipinski definition) is 3. The van der Waals surface area contributed by atoms with Crippen LogP contribution in [-0.2, 0) is 19.6 Å². The monoisotopic (exact) mass is 266 g/mol. The number of nitrogens with zero attached hydrogens (tertiary/aromatic N) is 3. The summed E-state index contributed by atoms with van der Waals surface area (Å²) < 4.78 is 3.45. The van der Waals surface area contributed by atoms with Crippen LogP contribution in [0.2, 0.25) is 0 Å². The molecule has 1 aliphatic heterocycles. The van der Waals surface area contributed by atoms with E-state index < -0.39 is 0 Å². The molecule has 0 saturated heterocycles. The number of hydrogen-bond donors (Lipinski definition) is 1. The van der Waals surface area contributed by atoms with E-state index in [9.17, 15) is 4.79 Å². The molecular weight excluding hydrogens is 240 g/mol. The maximum atomic E-state index is 12.1. The predicted octanol–water partition coefficient (Wildman–Crippen LogP) is 1.90. The topological polar surface area (TPSA) is 51.9 Å². The van der Waals surface area contributed by atoms with Crippen LogP contribution in [-0.4, -0.2) is 20.9 Å². The van der Waals surface area contributed by atoms with Gasteiger partial charge in [-0.2, -0.15) is 5.10 Å². The van der Waals surface area contributed by atoms with Crippen molar-refractivity contribution in [1.29, 1.82) is 0 Å². The Balaban J connectivity index is 1.71. The van der Waals surface area contributed by atoms with Gasteiger partial charge in [-0.05, 0) is 6.42 Å². The lowest BCUT2D eigenvalue weighted by Crippen LogP contribution is -2.34. The second kappa shape index (κ2) is 7.48. The van der Waals surface area contributed by atoms with Crippen molar-refractivity contribution in [1.82, 2.24) is 19.7 Å². The molecule has 0 spiro atoms. The lowest BCUT2D eigenvalue weighted by Gasteiger charge is -2.11. The van der Waals surface area contributed by atoms with Crippen molar-refractivity contribution >= 4 is 0 Å². The molecule has 0 aliphatic carbocycles. The number of fused-ring (bicyclic) bond motifs is 1. The highest BCUT2D eigenvalue weighted by Gasteiger charge is 2.15. The molecule has 19 heavy (non-hydrogen) atoms. The summed E-state index contributed by atoms with van der Waals surface area (Å²) in [5.74, 6) is 0.888.